The summed E-state index contributed by atoms with van der Waals surface area (Å²) in [6.45, 7) is 0. The van der Waals surface area contributed by atoms with Gasteiger partial charge < -0.3 is 5.73 Å². The number of anilines is 1. The summed E-state index contributed by atoms with van der Waals surface area (Å²) < 4.78 is 13.1. The number of hydrogen-bond acceptors (Lipinski definition) is 2. The van der Waals surface area contributed by atoms with Gasteiger partial charge in [-0.25, -0.2) is 4.39 Å². The van der Waals surface area contributed by atoms with Gasteiger partial charge in [-0.2, -0.15) is 0 Å². The van der Waals surface area contributed by atoms with Gasteiger partial charge in [0.25, 0.3) is 0 Å². The van der Waals surface area contributed by atoms with Crippen LogP contribution in [0.3, 0.4) is 0 Å². The maximum atomic E-state index is 13.1. The van der Waals surface area contributed by atoms with Crippen LogP contribution in [0.2, 0.25) is 5.02 Å². The van der Waals surface area contributed by atoms with Crippen molar-refractivity contribution in [3.05, 3.63) is 23.0 Å². The number of rotatable bonds is 2. The molecular weight excluding hydrogens is 233 g/mol. The molecule has 1 aliphatic carbocycles. The Balaban J connectivity index is 2.16. The molecule has 0 aliphatic heterocycles. The Morgan fingerprint density at radius 1 is 1.33 bits per heavy atom. The Bertz CT molecular complexity index is 364. The highest BCUT2D eigenvalue weighted by atomic mass is 35.5. The second-order valence-electron chi connectivity index (χ2n) is 3.83. The van der Waals surface area contributed by atoms with E-state index in [1.165, 1.54) is 31.7 Å². The molecule has 4 heteroatoms. The summed E-state index contributed by atoms with van der Waals surface area (Å²) in [4.78, 5) is 0.905. The fraction of sp³-hybridized carbons (Fsp3) is 0.455. The zero-order valence-electron chi connectivity index (χ0n) is 8.30. The highest BCUT2D eigenvalue weighted by Gasteiger charge is 2.18. The smallest absolute Gasteiger partial charge is 0.147 e. The molecule has 1 saturated carbocycles. The first-order valence-corrected chi connectivity index (χ1v) is 6.34. The SMILES string of the molecule is Nc1cc(SC2CCCC2)c(Cl)cc1F. The van der Waals surface area contributed by atoms with Crippen LogP contribution in [0.1, 0.15) is 25.7 Å². The minimum Gasteiger partial charge on any atom is -0.396 e. The number of nitrogens with two attached hydrogens (primary N) is 1. The lowest BCUT2D eigenvalue weighted by molar-refractivity contribution is 0.631. The van der Waals surface area contributed by atoms with Crippen molar-refractivity contribution in [2.45, 2.75) is 35.8 Å². The second kappa shape index (κ2) is 4.62. The molecule has 2 rings (SSSR count). The molecular formula is C11H13ClFNS. The maximum absolute atomic E-state index is 13.1. The molecule has 0 unspecified atom stereocenters. The molecule has 1 nitrogen and oxygen atoms in total. The Morgan fingerprint density at radius 3 is 2.67 bits per heavy atom. The topological polar surface area (TPSA) is 26.0 Å². The number of benzene rings is 1. The van der Waals surface area contributed by atoms with Gasteiger partial charge in [-0.15, -0.1) is 11.8 Å². The van der Waals surface area contributed by atoms with E-state index in [9.17, 15) is 4.39 Å². The van der Waals surface area contributed by atoms with Crippen LogP contribution in [0, 0.1) is 5.82 Å². The first-order chi connectivity index (χ1) is 7.16. The van der Waals surface area contributed by atoms with Crippen molar-refractivity contribution in [2.75, 3.05) is 5.73 Å². The molecule has 0 heterocycles. The van der Waals surface area contributed by atoms with Gasteiger partial charge in [-0.1, -0.05) is 24.4 Å². The van der Waals surface area contributed by atoms with E-state index in [2.05, 4.69) is 0 Å². The highest BCUT2D eigenvalue weighted by Crippen LogP contribution is 2.39. The largest absolute Gasteiger partial charge is 0.396 e. The van der Waals surface area contributed by atoms with Crippen LogP contribution in [0.5, 0.6) is 0 Å². The molecule has 0 saturated heterocycles. The standard InChI is InChI=1S/C11H13ClFNS/c12-8-5-9(13)10(14)6-11(8)15-7-3-1-2-4-7/h5-7H,1-4,14H2. The van der Waals surface area contributed by atoms with Crippen LogP contribution in [0.15, 0.2) is 17.0 Å². The van der Waals surface area contributed by atoms with E-state index in [-0.39, 0.29) is 5.69 Å². The van der Waals surface area contributed by atoms with E-state index in [4.69, 9.17) is 17.3 Å². The quantitative estimate of drug-likeness (QED) is 0.794. The molecule has 0 aromatic heterocycles. The van der Waals surface area contributed by atoms with Crippen LogP contribution in [0.25, 0.3) is 0 Å². The molecule has 0 atom stereocenters. The van der Waals surface area contributed by atoms with Crippen LogP contribution in [-0.2, 0) is 0 Å². The van der Waals surface area contributed by atoms with Crippen molar-refractivity contribution < 1.29 is 4.39 Å². The van der Waals surface area contributed by atoms with Gasteiger partial charge in [0, 0.05) is 10.1 Å². The van der Waals surface area contributed by atoms with Gasteiger partial charge in [0.15, 0.2) is 0 Å². The third kappa shape index (κ3) is 2.58. The summed E-state index contributed by atoms with van der Waals surface area (Å²) in [6.07, 6.45) is 5.01. The van der Waals surface area contributed by atoms with Gasteiger partial charge in [0.05, 0.1) is 10.7 Å². The van der Waals surface area contributed by atoms with Crippen molar-refractivity contribution in [3.63, 3.8) is 0 Å². The van der Waals surface area contributed by atoms with Gasteiger partial charge in [-0.3, -0.25) is 0 Å². The molecule has 2 N–H and O–H groups in total. The molecule has 0 spiro atoms. The monoisotopic (exact) mass is 245 g/mol. The fourth-order valence-corrected chi connectivity index (χ4v) is 3.40. The maximum Gasteiger partial charge on any atom is 0.147 e. The zero-order valence-corrected chi connectivity index (χ0v) is 9.87. The second-order valence-corrected chi connectivity index (χ2v) is 5.58. The normalized spacial score (nSPS) is 17.2. The summed E-state index contributed by atoms with van der Waals surface area (Å²) in [6, 6.07) is 2.94. The zero-order chi connectivity index (χ0) is 10.8. The van der Waals surface area contributed by atoms with Crippen molar-refractivity contribution in [2.24, 2.45) is 0 Å². The predicted octanol–water partition coefficient (Wildman–Crippen LogP) is 4.10. The summed E-state index contributed by atoms with van der Waals surface area (Å²) in [5, 5.41) is 1.09. The summed E-state index contributed by atoms with van der Waals surface area (Å²) >= 11 is 7.69. The first kappa shape index (κ1) is 11.1. The molecule has 0 radical (unpaired) electrons. The lowest BCUT2D eigenvalue weighted by atomic mass is 10.3. The van der Waals surface area contributed by atoms with E-state index in [1.54, 1.807) is 17.8 Å². The third-order valence-electron chi connectivity index (χ3n) is 2.65. The summed E-state index contributed by atoms with van der Waals surface area (Å²) in [5.41, 5.74) is 5.70. The number of hydrogen-bond donors (Lipinski definition) is 1. The molecule has 1 aromatic rings. The lowest BCUT2D eigenvalue weighted by Gasteiger charge is -2.11. The van der Waals surface area contributed by atoms with E-state index in [0.29, 0.717) is 10.3 Å². The average Bonchev–Trinajstić information content (AvgIpc) is 2.67. The Labute approximate surface area is 98.2 Å². The lowest BCUT2D eigenvalue weighted by Crippen LogP contribution is -1.96. The van der Waals surface area contributed by atoms with Gasteiger partial charge in [-0.05, 0) is 25.0 Å². The van der Waals surface area contributed by atoms with E-state index < -0.39 is 5.82 Å². The van der Waals surface area contributed by atoms with Crippen LogP contribution in [-0.4, -0.2) is 5.25 Å². The molecule has 0 bridgehead atoms. The molecule has 15 heavy (non-hydrogen) atoms. The van der Waals surface area contributed by atoms with E-state index in [0.717, 1.165) is 4.90 Å². The highest BCUT2D eigenvalue weighted by molar-refractivity contribution is 8.00. The van der Waals surface area contributed by atoms with Crippen molar-refractivity contribution >= 4 is 29.1 Å². The number of thioether (sulfide) groups is 1. The van der Waals surface area contributed by atoms with Gasteiger partial charge in [0.1, 0.15) is 5.82 Å². The molecule has 82 valence electrons. The van der Waals surface area contributed by atoms with Crippen LogP contribution < -0.4 is 5.73 Å². The van der Waals surface area contributed by atoms with Crippen LogP contribution >= 0.6 is 23.4 Å². The van der Waals surface area contributed by atoms with Gasteiger partial charge >= 0.3 is 0 Å². The summed E-state index contributed by atoms with van der Waals surface area (Å²) in [5.74, 6) is -0.434. The fourth-order valence-electron chi connectivity index (χ4n) is 1.82. The van der Waals surface area contributed by atoms with Gasteiger partial charge in [0.2, 0.25) is 0 Å². The van der Waals surface area contributed by atoms with Crippen molar-refractivity contribution in [1.82, 2.24) is 0 Å². The predicted molar refractivity (Wildman–Crippen MR) is 63.9 cm³/mol. The van der Waals surface area contributed by atoms with Crippen LogP contribution in [0.4, 0.5) is 10.1 Å². The Kier molecular flexibility index (Phi) is 3.42. The molecule has 0 amide bonds. The number of halogens is 2. The Hall–Kier alpha value is -0.410. The molecule has 1 aliphatic rings. The van der Waals surface area contributed by atoms with Crippen molar-refractivity contribution in [1.29, 1.82) is 0 Å². The van der Waals surface area contributed by atoms with E-state index in [1.807, 2.05) is 0 Å². The third-order valence-corrected chi connectivity index (χ3v) is 4.47. The van der Waals surface area contributed by atoms with Crippen molar-refractivity contribution in [3.8, 4) is 0 Å². The van der Waals surface area contributed by atoms with E-state index >= 15 is 0 Å². The average molecular weight is 246 g/mol. The molecule has 1 fully saturated rings. The Morgan fingerprint density at radius 2 is 2.00 bits per heavy atom. The molecule has 1 aromatic carbocycles. The minimum absolute atomic E-state index is 0.180. The first-order valence-electron chi connectivity index (χ1n) is 5.08. The summed E-state index contributed by atoms with van der Waals surface area (Å²) in [7, 11) is 0. The minimum atomic E-state index is -0.434. The number of nitrogen functional groups attached to an aromatic ring is 1.